The van der Waals surface area contributed by atoms with Gasteiger partial charge in [-0.1, -0.05) is 11.6 Å². The minimum absolute atomic E-state index is 0.497. The van der Waals surface area contributed by atoms with E-state index in [4.69, 9.17) is 16.3 Å². The minimum atomic E-state index is 0.497. The van der Waals surface area contributed by atoms with E-state index in [-0.39, 0.29) is 0 Å². The molecular weight excluding hydrogens is 238 g/mol. The van der Waals surface area contributed by atoms with E-state index in [1.165, 1.54) is 0 Å². The number of nitrogens with zero attached hydrogens (tertiary/aromatic N) is 3. The molecule has 0 atom stereocenters. The molecule has 1 fully saturated rings. The molecule has 2 rings (SSSR count). The van der Waals surface area contributed by atoms with E-state index in [0.717, 1.165) is 38.5 Å². The maximum atomic E-state index is 5.70. The Morgan fingerprint density at radius 3 is 2.71 bits per heavy atom. The first-order valence-corrected chi connectivity index (χ1v) is 6.27. The van der Waals surface area contributed by atoms with E-state index < -0.39 is 0 Å². The molecule has 0 aromatic carbocycles. The van der Waals surface area contributed by atoms with Crippen molar-refractivity contribution >= 4 is 11.6 Å². The molecule has 0 bridgehead atoms. The first kappa shape index (κ1) is 12.6. The van der Waals surface area contributed by atoms with E-state index in [0.29, 0.717) is 11.8 Å². The van der Waals surface area contributed by atoms with Crippen LogP contribution < -0.4 is 4.74 Å². The molecule has 94 valence electrons. The Hall–Kier alpha value is -0.840. The smallest absolute Gasteiger partial charge is 0.137 e. The van der Waals surface area contributed by atoms with E-state index in [1.54, 1.807) is 12.3 Å². The van der Waals surface area contributed by atoms with Crippen LogP contribution in [0.2, 0.25) is 5.15 Å². The zero-order valence-corrected chi connectivity index (χ0v) is 10.9. The second kappa shape index (κ2) is 6.19. The topological polar surface area (TPSA) is 28.6 Å². The van der Waals surface area contributed by atoms with Gasteiger partial charge in [0.1, 0.15) is 17.5 Å². The molecule has 1 aliphatic heterocycles. The van der Waals surface area contributed by atoms with Gasteiger partial charge in [-0.05, 0) is 19.2 Å². The average Bonchev–Trinajstić information content (AvgIpc) is 2.34. The number of rotatable bonds is 4. The lowest BCUT2D eigenvalue weighted by Crippen LogP contribution is -2.45. The third kappa shape index (κ3) is 4.15. The number of halogens is 1. The van der Waals surface area contributed by atoms with Gasteiger partial charge in [-0.3, -0.25) is 4.90 Å². The lowest BCUT2D eigenvalue weighted by Gasteiger charge is -2.32. The molecule has 5 heteroatoms. The summed E-state index contributed by atoms with van der Waals surface area (Å²) in [7, 11) is 2.16. The van der Waals surface area contributed by atoms with Crippen molar-refractivity contribution in [2.45, 2.75) is 0 Å². The third-order valence-electron chi connectivity index (χ3n) is 2.97. The Morgan fingerprint density at radius 1 is 1.29 bits per heavy atom. The second-order valence-electron chi connectivity index (χ2n) is 4.31. The number of piperazine rings is 1. The number of pyridine rings is 1. The van der Waals surface area contributed by atoms with Crippen LogP contribution in [-0.2, 0) is 0 Å². The molecule has 0 amide bonds. The van der Waals surface area contributed by atoms with Crippen LogP contribution in [0.1, 0.15) is 0 Å². The Kier molecular flexibility index (Phi) is 4.59. The molecule has 2 heterocycles. The maximum Gasteiger partial charge on any atom is 0.137 e. The highest BCUT2D eigenvalue weighted by atomic mass is 35.5. The van der Waals surface area contributed by atoms with Crippen molar-refractivity contribution in [1.29, 1.82) is 0 Å². The zero-order chi connectivity index (χ0) is 12.1. The SMILES string of the molecule is CN1CCN(CCOc2ccc(Cl)nc2)CC1. The van der Waals surface area contributed by atoms with Crippen molar-refractivity contribution in [2.24, 2.45) is 0 Å². The van der Waals surface area contributed by atoms with Gasteiger partial charge >= 0.3 is 0 Å². The van der Waals surface area contributed by atoms with Crippen molar-refractivity contribution < 1.29 is 4.74 Å². The number of likely N-dealkylation sites (N-methyl/N-ethyl adjacent to an activating group) is 1. The summed E-state index contributed by atoms with van der Waals surface area (Å²) in [6.07, 6.45) is 1.66. The van der Waals surface area contributed by atoms with Crippen molar-refractivity contribution in [3.8, 4) is 5.75 Å². The summed E-state index contributed by atoms with van der Waals surface area (Å²) < 4.78 is 5.61. The van der Waals surface area contributed by atoms with Gasteiger partial charge < -0.3 is 9.64 Å². The van der Waals surface area contributed by atoms with E-state index >= 15 is 0 Å². The van der Waals surface area contributed by atoms with Crippen LogP contribution in [0, 0.1) is 0 Å². The van der Waals surface area contributed by atoms with Crippen LogP contribution in [0.15, 0.2) is 18.3 Å². The van der Waals surface area contributed by atoms with Crippen molar-refractivity contribution in [2.75, 3.05) is 46.4 Å². The zero-order valence-electron chi connectivity index (χ0n) is 10.1. The molecule has 0 saturated carbocycles. The van der Waals surface area contributed by atoms with Crippen LogP contribution in [0.5, 0.6) is 5.75 Å². The predicted molar refractivity (Wildman–Crippen MR) is 68.7 cm³/mol. The first-order valence-electron chi connectivity index (χ1n) is 5.89. The Labute approximate surface area is 107 Å². The Bertz CT molecular complexity index is 336. The van der Waals surface area contributed by atoms with Gasteiger partial charge in [-0.2, -0.15) is 0 Å². The predicted octanol–water partition coefficient (Wildman–Crippen LogP) is 1.36. The van der Waals surface area contributed by atoms with E-state index in [9.17, 15) is 0 Å². The van der Waals surface area contributed by atoms with E-state index in [2.05, 4.69) is 21.8 Å². The number of hydrogen-bond donors (Lipinski definition) is 0. The third-order valence-corrected chi connectivity index (χ3v) is 3.20. The first-order chi connectivity index (χ1) is 8.24. The van der Waals surface area contributed by atoms with Crippen LogP contribution in [-0.4, -0.2) is 61.2 Å². The second-order valence-corrected chi connectivity index (χ2v) is 4.70. The summed E-state index contributed by atoms with van der Waals surface area (Å²) in [5, 5.41) is 0.497. The van der Waals surface area contributed by atoms with Gasteiger partial charge in [-0.15, -0.1) is 0 Å². The number of aromatic nitrogens is 1. The highest BCUT2D eigenvalue weighted by Gasteiger charge is 2.12. The van der Waals surface area contributed by atoms with Crippen molar-refractivity contribution in [3.63, 3.8) is 0 Å². The fraction of sp³-hybridized carbons (Fsp3) is 0.583. The lowest BCUT2D eigenvalue weighted by atomic mass is 10.3. The summed E-state index contributed by atoms with van der Waals surface area (Å²) in [6, 6.07) is 3.59. The average molecular weight is 256 g/mol. The fourth-order valence-electron chi connectivity index (χ4n) is 1.81. The monoisotopic (exact) mass is 255 g/mol. The summed E-state index contributed by atoms with van der Waals surface area (Å²) in [4.78, 5) is 8.74. The molecule has 0 spiro atoms. The summed E-state index contributed by atoms with van der Waals surface area (Å²) in [5.41, 5.74) is 0. The molecule has 4 nitrogen and oxygen atoms in total. The van der Waals surface area contributed by atoms with Crippen LogP contribution in [0.25, 0.3) is 0 Å². The van der Waals surface area contributed by atoms with Crippen LogP contribution in [0.3, 0.4) is 0 Å². The quantitative estimate of drug-likeness (QED) is 0.760. The molecule has 1 aliphatic rings. The standard InChI is InChI=1S/C12H18ClN3O/c1-15-4-6-16(7-5-15)8-9-17-11-2-3-12(13)14-10-11/h2-3,10H,4-9H2,1H3. The highest BCUT2D eigenvalue weighted by Crippen LogP contribution is 2.11. The maximum absolute atomic E-state index is 5.70. The molecule has 0 N–H and O–H groups in total. The van der Waals surface area contributed by atoms with E-state index in [1.807, 2.05) is 6.07 Å². The molecule has 0 aliphatic carbocycles. The summed E-state index contributed by atoms with van der Waals surface area (Å²) in [5.74, 6) is 0.781. The number of hydrogen-bond acceptors (Lipinski definition) is 4. The van der Waals surface area contributed by atoms with Crippen molar-refractivity contribution in [3.05, 3.63) is 23.5 Å². The van der Waals surface area contributed by atoms with Gasteiger partial charge in [0, 0.05) is 32.7 Å². The normalized spacial score (nSPS) is 18.2. The van der Waals surface area contributed by atoms with Crippen LogP contribution >= 0.6 is 11.6 Å². The molecule has 1 aromatic heterocycles. The Balaban J connectivity index is 1.67. The highest BCUT2D eigenvalue weighted by molar-refractivity contribution is 6.29. The summed E-state index contributed by atoms with van der Waals surface area (Å²) in [6.45, 7) is 6.20. The molecule has 1 saturated heterocycles. The van der Waals surface area contributed by atoms with Gasteiger partial charge in [0.25, 0.3) is 0 Å². The molecule has 0 unspecified atom stereocenters. The van der Waals surface area contributed by atoms with Gasteiger partial charge in [0.2, 0.25) is 0 Å². The van der Waals surface area contributed by atoms with Gasteiger partial charge in [0.15, 0.2) is 0 Å². The van der Waals surface area contributed by atoms with Crippen molar-refractivity contribution in [1.82, 2.24) is 14.8 Å². The van der Waals surface area contributed by atoms with Gasteiger partial charge in [0.05, 0.1) is 6.20 Å². The molecule has 0 radical (unpaired) electrons. The fourth-order valence-corrected chi connectivity index (χ4v) is 1.92. The molecule has 1 aromatic rings. The van der Waals surface area contributed by atoms with Crippen LogP contribution in [0.4, 0.5) is 0 Å². The van der Waals surface area contributed by atoms with Gasteiger partial charge in [-0.25, -0.2) is 4.98 Å². The minimum Gasteiger partial charge on any atom is -0.491 e. The molecular formula is C12H18ClN3O. The molecule has 17 heavy (non-hydrogen) atoms. The summed E-state index contributed by atoms with van der Waals surface area (Å²) >= 11 is 5.70. The largest absolute Gasteiger partial charge is 0.491 e. The lowest BCUT2D eigenvalue weighted by molar-refractivity contribution is 0.133. The Morgan fingerprint density at radius 2 is 2.06 bits per heavy atom. The number of ether oxygens (including phenoxy) is 1.